The molecular formula is C13H22ClN5O2S. The summed E-state index contributed by atoms with van der Waals surface area (Å²) < 4.78 is 24.2. The van der Waals surface area contributed by atoms with E-state index >= 15 is 0 Å². The molecule has 3 N–H and O–H groups in total. The van der Waals surface area contributed by atoms with Crippen molar-refractivity contribution < 1.29 is 8.42 Å². The Bertz CT molecular complexity index is 575. The summed E-state index contributed by atoms with van der Waals surface area (Å²) >= 11 is 5.73. The lowest BCUT2D eigenvalue weighted by Gasteiger charge is -2.11. The fraction of sp³-hybridized carbons (Fsp3) is 0.538. The van der Waals surface area contributed by atoms with Gasteiger partial charge in [0.1, 0.15) is 5.15 Å². The van der Waals surface area contributed by atoms with E-state index in [4.69, 9.17) is 11.6 Å². The molecule has 1 heterocycles. The van der Waals surface area contributed by atoms with Crippen LogP contribution in [-0.2, 0) is 16.4 Å². The minimum atomic E-state index is -3.12. The van der Waals surface area contributed by atoms with Gasteiger partial charge in [-0.1, -0.05) is 17.7 Å². The fourth-order valence-electron chi connectivity index (χ4n) is 1.65. The predicted octanol–water partition coefficient (Wildman–Crippen LogP) is 0.382. The zero-order valence-corrected chi connectivity index (χ0v) is 14.3. The quantitative estimate of drug-likeness (QED) is 0.273. The normalized spacial score (nSPS) is 12.2. The van der Waals surface area contributed by atoms with Crippen molar-refractivity contribution >= 4 is 27.6 Å². The van der Waals surface area contributed by atoms with E-state index in [-0.39, 0.29) is 0 Å². The molecule has 0 fully saturated rings. The van der Waals surface area contributed by atoms with E-state index in [9.17, 15) is 8.42 Å². The number of aromatic nitrogens is 1. The van der Waals surface area contributed by atoms with E-state index in [1.165, 1.54) is 0 Å². The molecule has 0 spiro atoms. The average molecular weight is 348 g/mol. The molecule has 0 unspecified atom stereocenters. The van der Waals surface area contributed by atoms with Crippen LogP contribution in [0.2, 0.25) is 5.15 Å². The maximum absolute atomic E-state index is 10.9. The highest BCUT2D eigenvalue weighted by molar-refractivity contribution is 7.88. The van der Waals surface area contributed by atoms with Crippen molar-refractivity contribution in [3.8, 4) is 0 Å². The van der Waals surface area contributed by atoms with Crippen LogP contribution in [0.4, 0.5) is 0 Å². The van der Waals surface area contributed by atoms with Crippen molar-refractivity contribution in [3.05, 3.63) is 29.0 Å². The Balaban J connectivity index is 2.18. The second kappa shape index (κ2) is 9.60. The number of nitrogens with zero attached hydrogens (tertiary/aromatic N) is 2. The van der Waals surface area contributed by atoms with Crippen LogP contribution in [0.1, 0.15) is 12.0 Å². The molecule has 0 aliphatic heterocycles. The van der Waals surface area contributed by atoms with Crippen LogP contribution in [-0.4, -0.2) is 52.3 Å². The van der Waals surface area contributed by atoms with Gasteiger partial charge < -0.3 is 10.6 Å². The van der Waals surface area contributed by atoms with Gasteiger partial charge in [0.25, 0.3) is 0 Å². The number of hydrogen-bond donors (Lipinski definition) is 3. The van der Waals surface area contributed by atoms with Crippen LogP contribution in [0.25, 0.3) is 0 Å². The molecule has 22 heavy (non-hydrogen) atoms. The number of pyridine rings is 1. The maximum Gasteiger partial charge on any atom is 0.208 e. The maximum atomic E-state index is 10.9. The number of sulfonamides is 1. The first-order chi connectivity index (χ1) is 10.4. The molecule has 0 saturated heterocycles. The van der Waals surface area contributed by atoms with Crippen LogP contribution >= 0.6 is 11.6 Å². The molecule has 0 radical (unpaired) electrons. The molecule has 1 aromatic rings. The largest absolute Gasteiger partial charge is 0.356 e. The molecule has 1 aromatic heterocycles. The standard InChI is InChI=1S/C13H22ClN5O2S/c1-15-13(16-7-3-8-19-22(2,20)21)17-9-6-11-4-5-12(14)18-10-11/h4-5,10,19H,3,6-9H2,1-2H3,(H2,15,16,17). The van der Waals surface area contributed by atoms with E-state index in [2.05, 4.69) is 25.3 Å². The Morgan fingerprint density at radius 3 is 2.59 bits per heavy atom. The topological polar surface area (TPSA) is 95.5 Å². The molecule has 0 amide bonds. The Morgan fingerprint density at radius 2 is 2.00 bits per heavy atom. The zero-order valence-electron chi connectivity index (χ0n) is 12.8. The first kappa shape index (κ1) is 18.7. The highest BCUT2D eigenvalue weighted by Gasteiger charge is 2.00. The summed E-state index contributed by atoms with van der Waals surface area (Å²) in [5.41, 5.74) is 1.09. The minimum absolute atomic E-state index is 0.402. The summed E-state index contributed by atoms with van der Waals surface area (Å²) in [6, 6.07) is 3.70. The third kappa shape index (κ3) is 8.81. The van der Waals surface area contributed by atoms with Crippen molar-refractivity contribution in [1.29, 1.82) is 0 Å². The Morgan fingerprint density at radius 1 is 1.27 bits per heavy atom. The van der Waals surface area contributed by atoms with E-state index in [1.54, 1.807) is 19.3 Å². The number of nitrogens with one attached hydrogen (secondary N) is 3. The van der Waals surface area contributed by atoms with Gasteiger partial charge in [0.15, 0.2) is 5.96 Å². The molecule has 9 heteroatoms. The second-order valence-corrected chi connectivity index (χ2v) is 6.91. The van der Waals surface area contributed by atoms with Crippen LogP contribution < -0.4 is 15.4 Å². The number of aliphatic imine (C=N–C) groups is 1. The molecule has 0 bridgehead atoms. The van der Waals surface area contributed by atoms with E-state index in [1.807, 2.05) is 6.07 Å². The summed E-state index contributed by atoms with van der Waals surface area (Å²) in [6.07, 6.45) is 4.37. The summed E-state index contributed by atoms with van der Waals surface area (Å²) in [6.45, 7) is 1.74. The van der Waals surface area contributed by atoms with Crippen LogP contribution in [0.5, 0.6) is 0 Å². The average Bonchev–Trinajstić information content (AvgIpc) is 2.46. The zero-order chi connectivity index (χ0) is 16.4. The predicted molar refractivity (Wildman–Crippen MR) is 89.8 cm³/mol. The molecular weight excluding hydrogens is 326 g/mol. The van der Waals surface area contributed by atoms with E-state index in [0.717, 1.165) is 18.2 Å². The van der Waals surface area contributed by atoms with Crippen molar-refractivity contribution in [2.45, 2.75) is 12.8 Å². The van der Waals surface area contributed by atoms with Crippen LogP contribution in [0, 0.1) is 0 Å². The van der Waals surface area contributed by atoms with Gasteiger partial charge in [-0.2, -0.15) is 0 Å². The third-order valence-corrected chi connectivity index (χ3v) is 3.68. The number of guanidine groups is 1. The summed E-state index contributed by atoms with van der Waals surface area (Å²) in [5, 5.41) is 6.78. The Labute approximate surface area is 136 Å². The van der Waals surface area contributed by atoms with Gasteiger partial charge in [-0.15, -0.1) is 0 Å². The van der Waals surface area contributed by atoms with Gasteiger partial charge in [0.2, 0.25) is 10.0 Å². The van der Waals surface area contributed by atoms with Gasteiger partial charge in [0, 0.05) is 32.9 Å². The van der Waals surface area contributed by atoms with Gasteiger partial charge in [-0.05, 0) is 24.5 Å². The lowest BCUT2D eigenvalue weighted by molar-refractivity contribution is 0.584. The minimum Gasteiger partial charge on any atom is -0.356 e. The number of halogens is 1. The lowest BCUT2D eigenvalue weighted by Crippen LogP contribution is -2.39. The second-order valence-electron chi connectivity index (χ2n) is 4.68. The molecule has 0 aliphatic rings. The third-order valence-electron chi connectivity index (χ3n) is 2.73. The Hall–Kier alpha value is -1.38. The van der Waals surface area contributed by atoms with Crippen molar-refractivity contribution in [3.63, 3.8) is 0 Å². The summed E-state index contributed by atoms with van der Waals surface area (Å²) in [4.78, 5) is 8.12. The van der Waals surface area contributed by atoms with E-state index < -0.39 is 10.0 Å². The monoisotopic (exact) mass is 347 g/mol. The first-order valence-electron chi connectivity index (χ1n) is 6.90. The first-order valence-corrected chi connectivity index (χ1v) is 9.17. The highest BCUT2D eigenvalue weighted by Crippen LogP contribution is 2.05. The van der Waals surface area contributed by atoms with Gasteiger partial charge in [0.05, 0.1) is 6.26 Å². The molecule has 124 valence electrons. The number of rotatable bonds is 8. The molecule has 7 nitrogen and oxygen atoms in total. The summed E-state index contributed by atoms with van der Waals surface area (Å²) in [7, 11) is -1.43. The van der Waals surface area contributed by atoms with Gasteiger partial charge in [-0.25, -0.2) is 18.1 Å². The molecule has 1 rings (SSSR count). The molecule has 0 atom stereocenters. The smallest absolute Gasteiger partial charge is 0.208 e. The molecule has 0 aliphatic carbocycles. The summed E-state index contributed by atoms with van der Waals surface area (Å²) in [5.74, 6) is 0.682. The van der Waals surface area contributed by atoms with Crippen molar-refractivity contribution in [2.75, 3.05) is 32.9 Å². The van der Waals surface area contributed by atoms with Crippen LogP contribution in [0.15, 0.2) is 23.3 Å². The van der Waals surface area contributed by atoms with Gasteiger partial charge in [-0.3, -0.25) is 4.99 Å². The van der Waals surface area contributed by atoms with E-state index in [0.29, 0.717) is 37.2 Å². The fourth-order valence-corrected chi connectivity index (χ4v) is 2.28. The lowest BCUT2D eigenvalue weighted by atomic mass is 10.2. The molecule has 0 aromatic carbocycles. The van der Waals surface area contributed by atoms with Crippen LogP contribution in [0.3, 0.4) is 0 Å². The number of hydrogen-bond acceptors (Lipinski definition) is 4. The molecule has 0 saturated carbocycles. The van der Waals surface area contributed by atoms with Crippen molar-refractivity contribution in [2.24, 2.45) is 4.99 Å². The van der Waals surface area contributed by atoms with Crippen molar-refractivity contribution in [1.82, 2.24) is 20.3 Å². The Kier molecular flexibility index (Phi) is 8.15. The van der Waals surface area contributed by atoms with Gasteiger partial charge >= 0.3 is 0 Å². The highest BCUT2D eigenvalue weighted by atomic mass is 35.5. The SMILES string of the molecule is CN=C(NCCCNS(C)(=O)=O)NCCc1ccc(Cl)nc1.